The van der Waals surface area contributed by atoms with E-state index in [4.69, 9.17) is 4.98 Å². The van der Waals surface area contributed by atoms with Crippen LogP contribution in [0.5, 0.6) is 0 Å². The normalized spacial score (nSPS) is 15.9. The van der Waals surface area contributed by atoms with E-state index >= 15 is 0 Å². The van der Waals surface area contributed by atoms with Crippen molar-refractivity contribution in [1.29, 1.82) is 0 Å². The van der Waals surface area contributed by atoms with Gasteiger partial charge in [-0.1, -0.05) is 38.5 Å². The van der Waals surface area contributed by atoms with Gasteiger partial charge in [0.15, 0.2) is 5.65 Å². The number of nitrogens with zero attached hydrogens (tertiary/aromatic N) is 4. The summed E-state index contributed by atoms with van der Waals surface area (Å²) in [5.41, 5.74) is 5.02. The molecular formula is C26H31N5O. The lowest BCUT2D eigenvalue weighted by Gasteiger charge is -2.22. The van der Waals surface area contributed by atoms with Crippen LogP contribution in [0.3, 0.4) is 0 Å². The van der Waals surface area contributed by atoms with Crippen molar-refractivity contribution >= 4 is 22.1 Å². The highest BCUT2D eigenvalue weighted by atomic mass is 16.1. The van der Waals surface area contributed by atoms with Gasteiger partial charge in [0.2, 0.25) is 0 Å². The zero-order chi connectivity index (χ0) is 22.4. The SMILES string of the molecule is CCCC(C)c1cn2nccc(N[C@@H](C)c3cc4cccc(C)c4c(=O)n3C3CC3)c2n1. The van der Waals surface area contributed by atoms with E-state index in [1.807, 2.05) is 46.5 Å². The van der Waals surface area contributed by atoms with Crippen molar-refractivity contribution in [3.63, 3.8) is 0 Å². The maximum atomic E-state index is 13.5. The van der Waals surface area contributed by atoms with Crippen LogP contribution in [0.1, 0.15) is 81.4 Å². The van der Waals surface area contributed by atoms with Crippen molar-refractivity contribution in [1.82, 2.24) is 19.2 Å². The van der Waals surface area contributed by atoms with E-state index in [2.05, 4.69) is 37.3 Å². The maximum Gasteiger partial charge on any atom is 0.259 e. The van der Waals surface area contributed by atoms with Gasteiger partial charge in [-0.05, 0) is 56.2 Å². The molecular weight excluding hydrogens is 398 g/mol. The average Bonchev–Trinajstić information content (AvgIpc) is 3.50. The van der Waals surface area contributed by atoms with Gasteiger partial charge in [0.1, 0.15) is 0 Å². The zero-order valence-corrected chi connectivity index (χ0v) is 19.3. The number of aromatic nitrogens is 4. The number of fused-ring (bicyclic) bond motifs is 2. The molecule has 4 aromatic rings. The van der Waals surface area contributed by atoms with Gasteiger partial charge in [-0.3, -0.25) is 4.79 Å². The number of anilines is 1. The Kier molecular flexibility index (Phi) is 5.24. The van der Waals surface area contributed by atoms with Gasteiger partial charge < -0.3 is 9.88 Å². The lowest BCUT2D eigenvalue weighted by atomic mass is 10.0. The van der Waals surface area contributed by atoms with Crippen LogP contribution in [-0.2, 0) is 0 Å². The Morgan fingerprint density at radius 2 is 2.03 bits per heavy atom. The summed E-state index contributed by atoms with van der Waals surface area (Å²) in [5.74, 6) is 0.399. The number of benzene rings is 1. The fourth-order valence-electron chi connectivity index (χ4n) is 4.77. The lowest BCUT2D eigenvalue weighted by Crippen LogP contribution is -2.26. The fourth-order valence-corrected chi connectivity index (χ4v) is 4.77. The first-order valence-electron chi connectivity index (χ1n) is 11.7. The van der Waals surface area contributed by atoms with E-state index in [-0.39, 0.29) is 11.6 Å². The van der Waals surface area contributed by atoms with Crippen molar-refractivity contribution in [3.05, 3.63) is 70.0 Å². The van der Waals surface area contributed by atoms with Gasteiger partial charge in [-0.15, -0.1) is 0 Å². The van der Waals surface area contributed by atoms with Crippen molar-refractivity contribution in [2.24, 2.45) is 0 Å². The topological polar surface area (TPSA) is 64.2 Å². The Labute approximate surface area is 188 Å². The van der Waals surface area contributed by atoms with Crippen LogP contribution < -0.4 is 10.9 Å². The van der Waals surface area contributed by atoms with E-state index in [0.717, 1.165) is 64.7 Å². The standard InChI is InChI=1S/C26H31N5O/c1-5-7-16(2)22-15-30-25(29-22)21(12-13-27-30)28-18(4)23-14-19-9-6-8-17(3)24(19)26(32)31(23)20-10-11-20/h6,8-9,12-16,18,20,28H,5,7,10-11H2,1-4H3/t16?,18-/m0/s1. The van der Waals surface area contributed by atoms with Crippen LogP contribution in [0, 0.1) is 6.92 Å². The molecule has 3 heterocycles. The molecule has 0 amide bonds. The average molecular weight is 430 g/mol. The predicted octanol–water partition coefficient (Wildman–Crippen LogP) is 5.76. The number of imidazole rings is 1. The summed E-state index contributed by atoms with van der Waals surface area (Å²) in [6.45, 7) is 8.55. The molecule has 0 saturated heterocycles. The number of hydrogen-bond donors (Lipinski definition) is 1. The highest BCUT2D eigenvalue weighted by molar-refractivity contribution is 5.85. The van der Waals surface area contributed by atoms with Crippen molar-refractivity contribution in [2.75, 3.05) is 5.32 Å². The number of hydrogen-bond acceptors (Lipinski definition) is 4. The van der Waals surface area contributed by atoms with Crippen molar-refractivity contribution in [2.45, 2.75) is 71.4 Å². The third-order valence-corrected chi connectivity index (χ3v) is 6.65. The van der Waals surface area contributed by atoms with Crippen LogP contribution in [0.15, 0.2) is 47.5 Å². The molecule has 3 aromatic heterocycles. The summed E-state index contributed by atoms with van der Waals surface area (Å²) in [7, 11) is 0. The van der Waals surface area contributed by atoms with Crippen LogP contribution in [0.25, 0.3) is 16.4 Å². The summed E-state index contributed by atoms with van der Waals surface area (Å²) in [4.78, 5) is 18.4. The van der Waals surface area contributed by atoms with Gasteiger partial charge in [0.05, 0.1) is 35.2 Å². The molecule has 32 heavy (non-hydrogen) atoms. The molecule has 1 N–H and O–H groups in total. The molecule has 1 aromatic carbocycles. The molecule has 0 radical (unpaired) electrons. The van der Waals surface area contributed by atoms with Crippen LogP contribution in [-0.4, -0.2) is 19.2 Å². The summed E-state index contributed by atoms with van der Waals surface area (Å²) in [5, 5.41) is 9.94. The second-order valence-electron chi connectivity index (χ2n) is 9.25. The molecule has 1 aliphatic carbocycles. The number of aryl methyl sites for hydroxylation is 1. The quantitative estimate of drug-likeness (QED) is 0.405. The van der Waals surface area contributed by atoms with E-state index in [1.54, 1.807) is 6.20 Å². The lowest BCUT2D eigenvalue weighted by molar-refractivity contribution is 0.636. The van der Waals surface area contributed by atoms with E-state index < -0.39 is 0 Å². The second-order valence-corrected chi connectivity index (χ2v) is 9.25. The monoisotopic (exact) mass is 429 g/mol. The Bertz CT molecular complexity index is 1350. The minimum atomic E-state index is -0.0485. The Morgan fingerprint density at radius 3 is 2.78 bits per heavy atom. The van der Waals surface area contributed by atoms with E-state index in [9.17, 15) is 4.79 Å². The Hall–Kier alpha value is -3.15. The third kappa shape index (κ3) is 3.57. The largest absolute Gasteiger partial charge is 0.374 e. The third-order valence-electron chi connectivity index (χ3n) is 6.65. The Morgan fingerprint density at radius 1 is 1.22 bits per heavy atom. The molecule has 0 spiro atoms. The molecule has 166 valence electrons. The molecule has 1 unspecified atom stereocenters. The van der Waals surface area contributed by atoms with Crippen molar-refractivity contribution in [3.8, 4) is 0 Å². The van der Waals surface area contributed by atoms with Gasteiger partial charge in [0, 0.05) is 17.7 Å². The maximum absolute atomic E-state index is 13.5. The Balaban J connectivity index is 1.56. The molecule has 1 aliphatic rings. The predicted molar refractivity (Wildman–Crippen MR) is 130 cm³/mol. The molecule has 1 fully saturated rings. The first-order chi connectivity index (χ1) is 15.5. The minimum absolute atomic E-state index is 0.0485. The molecule has 2 atom stereocenters. The number of pyridine rings is 1. The van der Waals surface area contributed by atoms with Crippen molar-refractivity contribution < 1.29 is 0 Å². The molecule has 0 aliphatic heterocycles. The van der Waals surface area contributed by atoms with E-state index in [0.29, 0.717) is 12.0 Å². The minimum Gasteiger partial charge on any atom is -0.374 e. The first-order valence-corrected chi connectivity index (χ1v) is 11.7. The van der Waals surface area contributed by atoms with Gasteiger partial charge in [-0.25, -0.2) is 9.50 Å². The number of rotatable bonds is 7. The van der Waals surface area contributed by atoms with Gasteiger partial charge in [-0.2, -0.15) is 5.10 Å². The summed E-state index contributed by atoms with van der Waals surface area (Å²) in [6, 6.07) is 10.5. The summed E-state index contributed by atoms with van der Waals surface area (Å²) in [6.07, 6.45) is 8.20. The highest BCUT2D eigenvalue weighted by Gasteiger charge is 2.29. The molecule has 5 rings (SSSR count). The van der Waals surface area contributed by atoms with Crippen LogP contribution in [0.4, 0.5) is 5.69 Å². The summed E-state index contributed by atoms with van der Waals surface area (Å²) >= 11 is 0. The molecule has 6 nitrogen and oxygen atoms in total. The smallest absolute Gasteiger partial charge is 0.259 e. The molecule has 1 saturated carbocycles. The van der Waals surface area contributed by atoms with Gasteiger partial charge in [0.25, 0.3) is 5.56 Å². The second kappa shape index (κ2) is 8.08. The summed E-state index contributed by atoms with van der Waals surface area (Å²) < 4.78 is 3.87. The first kappa shape index (κ1) is 20.7. The van der Waals surface area contributed by atoms with Gasteiger partial charge >= 0.3 is 0 Å². The molecule has 6 heteroatoms. The van der Waals surface area contributed by atoms with Crippen LogP contribution in [0.2, 0.25) is 0 Å². The zero-order valence-electron chi connectivity index (χ0n) is 19.3. The van der Waals surface area contributed by atoms with Crippen LogP contribution >= 0.6 is 0 Å². The fraction of sp³-hybridized carbons (Fsp3) is 0.423. The van der Waals surface area contributed by atoms with E-state index in [1.165, 1.54) is 0 Å². The number of nitrogens with one attached hydrogen (secondary N) is 1. The molecule has 0 bridgehead atoms. The highest BCUT2D eigenvalue weighted by Crippen LogP contribution is 2.37.